The van der Waals surface area contributed by atoms with Crippen molar-refractivity contribution in [1.29, 1.82) is 0 Å². The monoisotopic (exact) mass is 229 g/mol. The molecule has 1 aliphatic rings. The molecule has 17 heavy (non-hydrogen) atoms. The van der Waals surface area contributed by atoms with Gasteiger partial charge < -0.3 is 4.98 Å². The van der Waals surface area contributed by atoms with E-state index in [0.29, 0.717) is 12.6 Å². The molecule has 5 heteroatoms. The minimum Gasteiger partial charge on any atom is -0.306 e. The first-order chi connectivity index (χ1) is 8.29. The largest absolute Gasteiger partial charge is 0.326 e. The number of nitrogens with zero attached hydrogens (tertiary/aromatic N) is 2. The maximum absolute atomic E-state index is 11.8. The summed E-state index contributed by atoms with van der Waals surface area (Å²) in [4.78, 5) is 28.2. The summed E-state index contributed by atoms with van der Waals surface area (Å²) in [5.41, 5.74) is 2.57. The van der Waals surface area contributed by atoms with E-state index in [-0.39, 0.29) is 5.69 Å². The fraction of sp³-hybridized carbons (Fsp3) is 0.333. The predicted octanol–water partition coefficient (Wildman–Crippen LogP) is 1.50. The second-order valence-electron chi connectivity index (χ2n) is 4.29. The van der Waals surface area contributed by atoms with E-state index in [4.69, 9.17) is 0 Å². The van der Waals surface area contributed by atoms with Gasteiger partial charge in [-0.25, -0.2) is 14.6 Å². The van der Waals surface area contributed by atoms with Crippen molar-refractivity contribution in [2.75, 3.05) is 0 Å². The zero-order chi connectivity index (χ0) is 11.8. The minimum atomic E-state index is -0.0569. The Morgan fingerprint density at radius 2 is 2.29 bits per heavy atom. The van der Waals surface area contributed by atoms with Crippen LogP contribution >= 0.6 is 0 Å². The first-order valence-corrected chi connectivity index (χ1v) is 5.56. The summed E-state index contributed by atoms with van der Waals surface area (Å²) < 4.78 is 1.81. The van der Waals surface area contributed by atoms with Crippen LogP contribution in [0.4, 0.5) is 0 Å². The maximum atomic E-state index is 11.8. The van der Waals surface area contributed by atoms with Crippen LogP contribution in [0.25, 0.3) is 11.0 Å². The van der Waals surface area contributed by atoms with Crippen molar-refractivity contribution in [3.8, 4) is 0 Å². The first kappa shape index (κ1) is 10.1. The highest BCUT2D eigenvalue weighted by molar-refractivity contribution is 5.76. The van der Waals surface area contributed by atoms with Gasteiger partial charge in [0.15, 0.2) is 0 Å². The number of imidazole rings is 1. The number of benzene rings is 1. The Balaban J connectivity index is 2.11. The van der Waals surface area contributed by atoms with Crippen LogP contribution < -0.4 is 5.69 Å². The van der Waals surface area contributed by atoms with E-state index in [1.165, 1.54) is 6.08 Å². The van der Waals surface area contributed by atoms with Crippen LogP contribution in [0.3, 0.4) is 0 Å². The number of hydrogen-bond acceptors (Lipinski definition) is 3. The van der Waals surface area contributed by atoms with Gasteiger partial charge in [0.05, 0.1) is 17.6 Å². The van der Waals surface area contributed by atoms with Gasteiger partial charge in [0.1, 0.15) is 0 Å². The SMILES string of the molecule is O=C=NCc1ccc2c(c1)[nH]c(=O)n2C1CC1. The highest BCUT2D eigenvalue weighted by Gasteiger charge is 2.26. The van der Waals surface area contributed by atoms with E-state index in [1.54, 1.807) is 0 Å². The van der Waals surface area contributed by atoms with Crippen molar-refractivity contribution in [2.45, 2.75) is 25.4 Å². The molecule has 1 heterocycles. The number of H-pyrrole nitrogens is 1. The number of nitrogens with one attached hydrogen (secondary N) is 1. The Kier molecular flexibility index (Phi) is 2.20. The van der Waals surface area contributed by atoms with Crippen LogP contribution in [0, 0.1) is 0 Å². The quantitative estimate of drug-likeness (QED) is 0.640. The van der Waals surface area contributed by atoms with Gasteiger partial charge in [-0.2, -0.15) is 0 Å². The van der Waals surface area contributed by atoms with Crippen molar-refractivity contribution in [1.82, 2.24) is 9.55 Å². The molecular weight excluding hydrogens is 218 g/mol. The summed E-state index contributed by atoms with van der Waals surface area (Å²) in [6.07, 6.45) is 3.65. The molecule has 0 saturated heterocycles. The van der Waals surface area contributed by atoms with Crippen LogP contribution in [0.2, 0.25) is 0 Å². The molecule has 5 nitrogen and oxygen atoms in total. The third kappa shape index (κ3) is 1.70. The molecule has 0 radical (unpaired) electrons. The van der Waals surface area contributed by atoms with Gasteiger partial charge in [-0.15, -0.1) is 0 Å². The van der Waals surface area contributed by atoms with E-state index >= 15 is 0 Å². The smallest absolute Gasteiger partial charge is 0.306 e. The van der Waals surface area contributed by atoms with Crippen LogP contribution in [0.5, 0.6) is 0 Å². The summed E-state index contributed by atoms with van der Waals surface area (Å²) in [6.45, 7) is 0.302. The number of rotatable bonds is 3. The molecule has 1 aromatic heterocycles. The molecule has 0 aliphatic heterocycles. The topological polar surface area (TPSA) is 67.2 Å². The molecule has 2 aromatic rings. The van der Waals surface area contributed by atoms with Crippen LogP contribution in [0.1, 0.15) is 24.4 Å². The third-order valence-electron chi connectivity index (χ3n) is 3.02. The molecule has 0 spiro atoms. The number of aromatic nitrogens is 2. The number of aliphatic imine (C=N–C) groups is 1. The lowest BCUT2D eigenvalue weighted by Crippen LogP contribution is -2.14. The average Bonchev–Trinajstić information content (AvgIpc) is 3.09. The van der Waals surface area contributed by atoms with Gasteiger partial charge in [0.25, 0.3) is 0 Å². The molecule has 1 N–H and O–H groups in total. The molecule has 1 fully saturated rings. The van der Waals surface area contributed by atoms with Gasteiger partial charge in [0, 0.05) is 6.04 Å². The van der Waals surface area contributed by atoms with Crippen molar-refractivity contribution >= 4 is 17.1 Å². The van der Waals surface area contributed by atoms with E-state index in [1.807, 2.05) is 22.8 Å². The lowest BCUT2D eigenvalue weighted by atomic mass is 10.2. The van der Waals surface area contributed by atoms with Gasteiger partial charge >= 0.3 is 5.69 Å². The highest BCUT2D eigenvalue weighted by Crippen LogP contribution is 2.35. The van der Waals surface area contributed by atoms with Crippen LogP contribution in [0.15, 0.2) is 28.0 Å². The Labute approximate surface area is 96.8 Å². The highest BCUT2D eigenvalue weighted by atomic mass is 16.1. The van der Waals surface area contributed by atoms with Gasteiger partial charge in [0.2, 0.25) is 6.08 Å². The summed E-state index contributed by atoms with van der Waals surface area (Å²) >= 11 is 0. The van der Waals surface area contributed by atoms with Crippen LogP contribution in [-0.4, -0.2) is 15.6 Å². The summed E-state index contributed by atoms with van der Waals surface area (Å²) in [7, 11) is 0. The molecule has 0 amide bonds. The van der Waals surface area contributed by atoms with E-state index < -0.39 is 0 Å². The number of aromatic amines is 1. The van der Waals surface area contributed by atoms with E-state index in [0.717, 1.165) is 29.4 Å². The molecule has 86 valence electrons. The van der Waals surface area contributed by atoms with Gasteiger partial charge in [-0.1, -0.05) is 6.07 Å². The zero-order valence-corrected chi connectivity index (χ0v) is 9.14. The molecule has 0 bridgehead atoms. The van der Waals surface area contributed by atoms with Crippen molar-refractivity contribution in [3.63, 3.8) is 0 Å². The minimum absolute atomic E-state index is 0.0569. The molecule has 0 atom stereocenters. The molecule has 3 rings (SSSR count). The lowest BCUT2D eigenvalue weighted by Gasteiger charge is -2.00. The molecule has 1 saturated carbocycles. The van der Waals surface area contributed by atoms with Gasteiger partial charge in [-0.05, 0) is 30.5 Å². The summed E-state index contributed by atoms with van der Waals surface area (Å²) in [5, 5.41) is 0. The second kappa shape index (κ2) is 3.71. The van der Waals surface area contributed by atoms with Gasteiger partial charge in [-0.3, -0.25) is 4.57 Å². The molecule has 1 aliphatic carbocycles. The van der Waals surface area contributed by atoms with Crippen molar-refractivity contribution in [2.24, 2.45) is 4.99 Å². The molecular formula is C12H11N3O2. The summed E-state index contributed by atoms with van der Waals surface area (Å²) in [5.74, 6) is 0. The Bertz CT molecular complexity index is 673. The maximum Gasteiger partial charge on any atom is 0.326 e. The Morgan fingerprint density at radius 3 is 3.00 bits per heavy atom. The standard InChI is InChI=1S/C12H11N3O2/c16-7-13-6-8-1-4-11-10(5-8)14-12(17)15(11)9-2-3-9/h1,4-5,9H,2-3,6H2,(H,14,17). The Hall–Kier alpha value is -2.13. The number of hydrogen-bond donors (Lipinski definition) is 1. The molecule has 0 unspecified atom stereocenters. The molecule has 1 aromatic carbocycles. The van der Waals surface area contributed by atoms with Crippen molar-refractivity contribution < 1.29 is 4.79 Å². The fourth-order valence-corrected chi connectivity index (χ4v) is 2.10. The van der Waals surface area contributed by atoms with E-state index in [2.05, 4.69) is 9.98 Å². The normalized spacial score (nSPS) is 14.8. The number of carbonyl (C=O) groups excluding carboxylic acids is 1. The predicted molar refractivity (Wildman–Crippen MR) is 62.7 cm³/mol. The second-order valence-corrected chi connectivity index (χ2v) is 4.29. The first-order valence-electron chi connectivity index (χ1n) is 5.56. The fourth-order valence-electron chi connectivity index (χ4n) is 2.10. The van der Waals surface area contributed by atoms with Crippen LogP contribution in [-0.2, 0) is 11.3 Å². The number of isocyanates is 1. The Morgan fingerprint density at radius 1 is 1.47 bits per heavy atom. The van der Waals surface area contributed by atoms with E-state index in [9.17, 15) is 9.59 Å². The van der Waals surface area contributed by atoms with Crippen molar-refractivity contribution in [3.05, 3.63) is 34.2 Å². The summed E-state index contributed by atoms with van der Waals surface area (Å²) in [6, 6.07) is 6.00. The average molecular weight is 229 g/mol. The third-order valence-corrected chi connectivity index (χ3v) is 3.02. The number of fused-ring (bicyclic) bond motifs is 1. The zero-order valence-electron chi connectivity index (χ0n) is 9.14. The lowest BCUT2D eigenvalue weighted by molar-refractivity contribution is 0.563.